The molecule has 4 rings (SSSR count). The van der Waals surface area contributed by atoms with Gasteiger partial charge < -0.3 is 10.2 Å². The van der Waals surface area contributed by atoms with Crippen LogP contribution in [0.15, 0.2) is 42.5 Å². The van der Waals surface area contributed by atoms with E-state index >= 15 is 0 Å². The van der Waals surface area contributed by atoms with Gasteiger partial charge in [0.15, 0.2) is 0 Å². The fraction of sp³-hybridized carbons (Fsp3) is 0.316. The van der Waals surface area contributed by atoms with Gasteiger partial charge in [-0.2, -0.15) is 0 Å². The molecule has 0 radical (unpaired) electrons. The molecule has 1 aliphatic heterocycles. The summed E-state index contributed by atoms with van der Waals surface area (Å²) in [4.78, 5) is 14.7. The van der Waals surface area contributed by atoms with Crippen molar-refractivity contribution in [2.75, 3.05) is 11.9 Å². The van der Waals surface area contributed by atoms with E-state index in [9.17, 15) is 9.18 Å². The highest BCUT2D eigenvalue weighted by molar-refractivity contribution is 5.95. The zero-order valence-corrected chi connectivity index (χ0v) is 12.9. The summed E-state index contributed by atoms with van der Waals surface area (Å²) in [6.07, 6.45) is 2.96. The van der Waals surface area contributed by atoms with Crippen molar-refractivity contribution in [1.82, 2.24) is 4.90 Å². The lowest BCUT2D eigenvalue weighted by molar-refractivity contribution is 0.0728. The van der Waals surface area contributed by atoms with Crippen molar-refractivity contribution in [3.8, 4) is 0 Å². The van der Waals surface area contributed by atoms with E-state index < -0.39 is 0 Å². The summed E-state index contributed by atoms with van der Waals surface area (Å²) in [7, 11) is 0. The number of anilines is 1. The minimum absolute atomic E-state index is 0.00505. The fourth-order valence-electron chi connectivity index (χ4n) is 3.17. The van der Waals surface area contributed by atoms with Crippen molar-refractivity contribution < 1.29 is 9.18 Å². The molecular formula is C19H19FN2O. The van der Waals surface area contributed by atoms with E-state index in [1.165, 1.54) is 11.6 Å². The number of carbonyl (C=O) groups is 1. The number of hydrogen-bond acceptors (Lipinski definition) is 2. The third-order valence-corrected chi connectivity index (χ3v) is 4.61. The fourth-order valence-corrected chi connectivity index (χ4v) is 3.17. The van der Waals surface area contributed by atoms with E-state index in [4.69, 9.17) is 0 Å². The van der Waals surface area contributed by atoms with Crippen LogP contribution in [0.5, 0.6) is 0 Å². The molecule has 2 aromatic rings. The van der Waals surface area contributed by atoms with Crippen LogP contribution in [0.2, 0.25) is 0 Å². The summed E-state index contributed by atoms with van der Waals surface area (Å²) in [6, 6.07) is 12.8. The maximum absolute atomic E-state index is 13.9. The molecule has 0 aromatic heterocycles. The summed E-state index contributed by atoms with van der Waals surface area (Å²) >= 11 is 0. The first-order valence-corrected chi connectivity index (χ1v) is 8.13. The summed E-state index contributed by atoms with van der Waals surface area (Å²) < 4.78 is 13.9. The normalized spacial score (nSPS) is 15.9. The monoisotopic (exact) mass is 310 g/mol. The smallest absolute Gasteiger partial charge is 0.254 e. The first kappa shape index (κ1) is 14.2. The standard InChI is InChI=1S/C19H19FN2O/c20-17-4-2-1-3-15(17)12-22(16-6-7-16)19(23)14-5-8-18-13(11-14)9-10-21-18/h1-5,8,11,16,21H,6-7,9-10,12H2. The minimum atomic E-state index is -0.246. The first-order chi connectivity index (χ1) is 11.2. The van der Waals surface area contributed by atoms with Gasteiger partial charge in [-0.25, -0.2) is 4.39 Å². The third kappa shape index (κ3) is 2.81. The Labute approximate surface area is 135 Å². The number of halogens is 1. The van der Waals surface area contributed by atoms with Crippen LogP contribution < -0.4 is 5.32 Å². The highest BCUT2D eigenvalue weighted by atomic mass is 19.1. The van der Waals surface area contributed by atoms with Crippen molar-refractivity contribution in [3.63, 3.8) is 0 Å². The maximum atomic E-state index is 13.9. The molecule has 0 saturated heterocycles. The van der Waals surface area contributed by atoms with E-state index in [1.54, 1.807) is 12.1 Å². The molecule has 2 aromatic carbocycles. The molecule has 0 atom stereocenters. The molecule has 4 heteroatoms. The lowest BCUT2D eigenvalue weighted by atomic mass is 10.1. The van der Waals surface area contributed by atoms with E-state index in [2.05, 4.69) is 5.32 Å². The molecule has 0 bridgehead atoms. The summed E-state index contributed by atoms with van der Waals surface area (Å²) in [5.74, 6) is -0.241. The quantitative estimate of drug-likeness (QED) is 0.936. The van der Waals surface area contributed by atoms with Gasteiger partial charge >= 0.3 is 0 Å². The molecule has 1 heterocycles. The predicted molar refractivity (Wildman–Crippen MR) is 87.9 cm³/mol. The van der Waals surface area contributed by atoms with Crippen LogP contribution in [-0.2, 0) is 13.0 Å². The van der Waals surface area contributed by atoms with Crippen molar-refractivity contribution in [1.29, 1.82) is 0 Å². The summed E-state index contributed by atoms with van der Waals surface area (Å²) in [5.41, 5.74) is 3.59. The molecule has 118 valence electrons. The van der Waals surface area contributed by atoms with Crippen LogP contribution in [0.25, 0.3) is 0 Å². The lowest BCUT2D eigenvalue weighted by Gasteiger charge is -2.23. The van der Waals surface area contributed by atoms with Gasteiger partial charge in [0.1, 0.15) is 5.82 Å². The number of amides is 1. The SMILES string of the molecule is O=C(c1ccc2c(c1)CCN2)N(Cc1ccccc1F)C1CC1. The molecule has 1 amide bonds. The van der Waals surface area contributed by atoms with Gasteiger partial charge in [-0.3, -0.25) is 4.79 Å². The number of benzene rings is 2. The molecule has 0 spiro atoms. The Bertz CT molecular complexity index is 755. The second kappa shape index (κ2) is 5.69. The van der Waals surface area contributed by atoms with Crippen LogP contribution in [0.3, 0.4) is 0 Å². The van der Waals surface area contributed by atoms with Crippen molar-refractivity contribution in [2.45, 2.75) is 31.8 Å². The Morgan fingerprint density at radius 2 is 2.04 bits per heavy atom. The van der Waals surface area contributed by atoms with Gasteiger partial charge in [-0.15, -0.1) is 0 Å². The van der Waals surface area contributed by atoms with Gasteiger partial charge in [0.25, 0.3) is 5.91 Å². The highest BCUT2D eigenvalue weighted by Crippen LogP contribution is 2.31. The second-order valence-electron chi connectivity index (χ2n) is 6.30. The molecule has 1 saturated carbocycles. The van der Waals surface area contributed by atoms with Gasteiger partial charge in [-0.05, 0) is 49.1 Å². The lowest BCUT2D eigenvalue weighted by Crippen LogP contribution is -2.33. The summed E-state index contributed by atoms with van der Waals surface area (Å²) in [6.45, 7) is 1.26. The van der Waals surface area contributed by atoms with Gasteiger partial charge in [0, 0.05) is 35.9 Å². The molecule has 2 aliphatic rings. The van der Waals surface area contributed by atoms with Crippen molar-refractivity contribution in [3.05, 3.63) is 65.0 Å². The zero-order chi connectivity index (χ0) is 15.8. The number of rotatable bonds is 4. The van der Waals surface area contributed by atoms with Crippen molar-refractivity contribution >= 4 is 11.6 Å². The Morgan fingerprint density at radius 1 is 1.22 bits per heavy atom. The van der Waals surface area contributed by atoms with E-state index in [1.807, 2.05) is 29.2 Å². The Hall–Kier alpha value is -2.36. The minimum Gasteiger partial charge on any atom is -0.384 e. The van der Waals surface area contributed by atoms with Gasteiger partial charge in [0.2, 0.25) is 0 Å². The third-order valence-electron chi connectivity index (χ3n) is 4.61. The van der Waals surface area contributed by atoms with Crippen LogP contribution >= 0.6 is 0 Å². The van der Waals surface area contributed by atoms with Gasteiger partial charge in [0.05, 0.1) is 0 Å². The van der Waals surface area contributed by atoms with E-state index in [0.29, 0.717) is 17.7 Å². The number of nitrogens with one attached hydrogen (secondary N) is 1. The topological polar surface area (TPSA) is 32.3 Å². The molecule has 0 unspecified atom stereocenters. The van der Waals surface area contributed by atoms with E-state index in [-0.39, 0.29) is 17.8 Å². The van der Waals surface area contributed by atoms with Crippen LogP contribution in [0.4, 0.5) is 10.1 Å². The van der Waals surface area contributed by atoms with Crippen LogP contribution in [-0.4, -0.2) is 23.4 Å². The number of nitrogens with zero attached hydrogens (tertiary/aromatic N) is 1. The maximum Gasteiger partial charge on any atom is 0.254 e. The number of hydrogen-bond donors (Lipinski definition) is 1. The zero-order valence-electron chi connectivity index (χ0n) is 12.9. The molecule has 3 nitrogen and oxygen atoms in total. The van der Waals surface area contributed by atoms with Crippen LogP contribution in [0.1, 0.15) is 34.3 Å². The average molecular weight is 310 g/mol. The number of fused-ring (bicyclic) bond motifs is 1. The largest absolute Gasteiger partial charge is 0.384 e. The highest BCUT2D eigenvalue weighted by Gasteiger charge is 2.33. The first-order valence-electron chi connectivity index (χ1n) is 8.13. The second-order valence-corrected chi connectivity index (χ2v) is 6.30. The molecular weight excluding hydrogens is 291 g/mol. The molecule has 1 fully saturated rings. The van der Waals surface area contributed by atoms with Crippen molar-refractivity contribution in [2.24, 2.45) is 0 Å². The summed E-state index contributed by atoms with van der Waals surface area (Å²) in [5, 5.41) is 3.30. The van der Waals surface area contributed by atoms with Crippen LogP contribution in [0, 0.1) is 5.82 Å². The molecule has 1 aliphatic carbocycles. The molecule has 1 N–H and O–H groups in total. The average Bonchev–Trinajstić information content (AvgIpc) is 3.30. The molecule has 23 heavy (non-hydrogen) atoms. The Balaban J connectivity index is 1.60. The van der Waals surface area contributed by atoms with E-state index in [0.717, 1.165) is 31.5 Å². The Kier molecular flexibility index (Phi) is 3.52. The predicted octanol–water partition coefficient (Wildman–Crippen LogP) is 3.60. The van der Waals surface area contributed by atoms with Gasteiger partial charge in [-0.1, -0.05) is 18.2 Å². The Morgan fingerprint density at radius 3 is 2.83 bits per heavy atom. The number of carbonyl (C=O) groups excluding carboxylic acids is 1.